The van der Waals surface area contributed by atoms with E-state index in [2.05, 4.69) is 19.9 Å². The molecule has 0 spiro atoms. The minimum Gasteiger partial charge on any atom is -0.459 e. The van der Waals surface area contributed by atoms with Gasteiger partial charge in [0, 0.05) is 0 Å². The number of H-pyrrole nitrogens is 1. The molecule has 2 rings (SSSR count). The zero-order valence-electron chi connectivity index (χ0n) is 11.3. The first-order valence-electron chi connectivity index (χ1n) is 5.90. The van der Waals surface area contributed by atoms with Crippen LogP contribution >= 0.6 is 11.8 Å². The lowest BCUT2D eigenvalue weighted by Gasteiger charge is -2.21. The van der Waals surface area contributed by atoms with Crippen molar-refractivity contribution in [2.75, 3.05) is 0 Å². The van der Waals surface area contributed by atoms with Crippen LogP contribution in [0.3, 0.4) is 0 Å². The Balaban J connectivity index is 2.12. The summed E-state index contributed by atoms with van der Waals surface area (Å²) in [6.45, 7) is 7.34. The number of rotatable bonds is 3. The van der Waals surface area contributed by atoms with Gasteiger partial charge in [0.15, 0.2) is 5.65 Å². The van der Waals surface area contributed by atoms with Crippen LogP contribution in [0.2, 0.25) is 0 Å². The average Bonchev–Trinajstić information content (AvgIpc) is 2.75. The second kappa shape index (κ2) is 5.16. The third-order valence-corrected chi connectivity index (χ3v) is 3.29. The Labute approximate surface area is 115 Å². The van der Waals surface area contributed by atoms with Gasteiger partial charge in [-0.2, -0.15) is 0 Å². The molecule has 0 aliphatic rings. The van der Waals surface area contributed by atoms with Crippen LogP contribution in [0, 0.1) is 0 Å². The number of esters is 1. The Kier molecular flexibility index (Phi) is 3.75. The van der Waals surface area contributed by atoms with Gasteiger partial charge in [-0.15, -0.1) is 0 Å². The van der Waals surface area contributed by atoms with Gasteiger partial charge in [0.1, 0.15) is 27.7 Å². The highest BCUT2D eigenvalue weighted by molar-refractivity contribution is 8.00. The van der Waals surface area contributed by atoms with E-state index < -0.39 is 5.60 Å². The summed E-state index contributed by atoms with van der Waals surface area (Å²) >= 11 is 1.33. The quantitative estimate of drug-likeness (QED) is 0.527. The van der Waals surface area contributed by atoms with Crippen LogP contribution < -0.4 is 0 Å². The third kappa shape index (κ3) is 3.44. The summed E-state index contributed by atoms with van der Waals surface area (Å²) in [5, 5.41) is 0.349. The first kappa shape index (κ1) is 13.8. The second-order valence-corrected chi connectivity index (χ2v) is 6.40. The molecule has 6 nitrogen and oxygen atoms in total. The molecule has 1 atom stereocenters. The zero-order valence-corrected chi connectivity index (χ0v) is 12.1. The van der Waals surface area contributed by atoms with Gasteiger partial charge < -0.3 is 9.72 Å². The molecule has 0 saturated carbocycles. The van der Waals surface area contributed by atoms with Gasteiger partial charge in [0.25, 0.3) is 0 Å². The van der Waals surface area contributed by atoms with E-state index in [1.54, 1.807) is 13.3 Å². The van der Waals surface area contributed by atoms with Crippen molar-refractivity contribution in [3.05, 3.63) is 12.7 Å². The highest BCUT2D eigenvalue weighted by atomic mass is 32.2. The number of aromatic amines is 1. The summed E-state index contributed by atoms with van der Waals surface area (Å²) in [6, 6.07) is 0. The number of nitrogens with one attached hydrogen (secondary N) is 1. The summed E-state index contributed by atoms with van der Waals surface area (Å²) < 4.78 is 5.34. The van der Waals surface area contributed by atoms with E-state index in [1.165, 1.54) is 18.1 Å². The van der Waals surface area contributed by atoms with Gasteiger partial charge in [-0.05, 0) is 27.7 Å². The molecule has 19 heavy (non-hydrogen) atoms. The maximum Gasteiger partial charge on any atom is 0.319 e. The van der Waals surface area contributed by atoms with E-state index in [-0.39, 0.29) is 11.2 Å². The molecule has 102 valence electrons. The fraction of sp³-hybridized carbons (Fsp3) is 0.500. The lowest BCUT2D eigenvalue weighted by molar-refractivity contribution is -0.153. The van der Waals surface area contributed by atoms with Gasteiger partial charge in [-0.3, -0.25) is 4.79 Å². The van der Waals surface area contributed by atoms with Crippen molar-refractivity contribution < 1.29 is 9.53 Å². The van der Waals surface area contributed by atoms with Crippen LogP contribution in [0.25, 0.3) is 11.2 Å². The lowest BCUT2D eigenvalue weighted by atomic mass is 10.2. The van der Waals surface area contributed by atoms with Crippen LogP contribution in [0.15, 0.2) is 17.7 Å². The number of thioether (sulfide) groups is 1. The smallest absolute Gasteiger partial charge is 0.319 e. The predicted molar refractivity (Wildman–Crippen MR) is 72.8 cm³/mol. The topological polar surface area (TPSA) is 80.8 Å². The molecule has 0 aliphatic carbocycles. The molecule has 0 aromatic carbocycles. The molecule has 0 bridgehead atoms. The molecule has 0 fully saturated rings. The summed E-state index contributed by atoms with van der Waals surface area (Å²) in [5.41, 5.74) is 0.845. The number of carbonyl (C=O) groups is 1. The third-order valence-electron chi connectivity index (χ3n) is 2.22. The normalized spacial score (nSPS) is 13.5. The molecular weight excluding hydrogens is 264 g/mol. The Morgan fingerprint density at radius 1 is 1.37 bits per heavy atom. The van der Waals surface area contributed by atoms with Crippen molar-refractivity contribution in [3.63, 3.8) is 0 Å². The molecule has 2 aromatic rings. The summed E-state index contributed by atoms with van der Waals surface area (Å²) in [7, 11) is 0. The highest BCUT2D eigenvalue weighted by Gasteiger charge is 2.23. The first-order chi connectivity index (χ1) is 8.87. The number of aromatic nitrogens is 4. The average molecular weight is 280 g/mol. The molecular formula is C12H16N4O2S. The number of hydrogen-bond acceptors (Lipinski definition) is 6. The van der Waals surface area contributed by atoms with Crippen molar-refractivity contribution in [2.45, 2.75) is 43.6 Å². The summed E-state index contributed by atoms with van der Waals surface area (Å²) in [5.74, 6) is -0.260. The van der Waals surface area contributed by atoms with E-state index >= 15 is 0 Å². The zero-order chi connectivity index (χ0) is 14.0. The van der Waals surface area contributed by atoms with E-state index in [4.69, 9.17) is 4.74 Å². The Bertz CT molecular complexity index is 591. The maximum absolute atomic E-state index is 11.9. The number of imidazole rings is 1. The summed E-state index contributed by atoms with van der Waals surface area (Å²) in [4.78, 5) is 27.2. The standard InChI is InChI=1S/C12H16N4O2S/c1-7(11(17)18-12(2,3)4)19-10-8-9(14-5-13-8)15-6-16-10/h5-7H,1-4H3,(H,13,14,15,16). The molecule has 0 aliphatic heterocycles. The Hall–Kier alpha value is -1.63. The number of carbonyl (C=O) groups excluding carboxylic acids is 1. The van der Waals surface area contributed by atoms with E-state index in [1.807, 2.05) is 20.8 Å². The largest absolute Gasteiger partial charge is 0.459 e. The fourth-order valence-electron chi connectivity index (χ4n) is 1.43. The molecule has 0 amide bonds. The monoisotopic (exact) mass is 280 g/mol. The van der Waals surface area contributed by atoms with Crippen LogP contribution in [-0.4, -0.2) is 36.8 Å². The SMILES string of the molecule is CC(Sc1ncnc2nc[nH]c12)C(=O)OC(C)(C)C. The Morgan fingerprint density at radius 3 is 2.79 bits per heavy atom. The van der Waals surface area contributed by atoms with Crippen molar-refractivity contribution >= 4 is 28.9 Å². The predicted octanol–water partition coefficient (Wildman–Crippen LogP) is 2.18. The van der Waals surface area contributed by atoms with Crippen molar-refractivity contribution in [1.29, 1.82) is 0 Å². The van der Waals surface area contributed by atoms with Crippen molar-refractivity contribution in [1.82, 2.24) is 19.9 Å². The van der Waals surface area contributed by atoms with Gasteiger partial charge in [0.2, 0.25) is 0 Å². The Morgan fingerprint density at radius 2 is 2.11 bits per heavy atom. The molecule has 1 N–H and O–H groups in total. The molecule has 0 radical (unpaired) electrons. The maximum atomic E-state index is 11.9. The molecule has 0 saturated heterocycles. The van der Waals surface area contributed by atoms with E-state index in [0.717, 1.165) is 5.52 Å². The van der Waals surface area contributed by atoms with Gasteiger partial charge in [-0.1, -0.05) is 11.8 Å². The van der Waals surface area contributed by atoms with Gasteiger partial charge >= 0.3 is 5.97 Å². The summed E-state index contributed by atoms with van der Waals surface area (Å²) in [6.07, 6.45) is 2.99. The number of nitrogens with zero attached hydrogens (tertiary/aromatic N) is 3. The minimum atomic E-state index is -0.485. The molecule has 2 heterocycles. The number of ether oxygens (including phenoxy) is 1. The number of hydrogen-bond donors (Lipinski definition) is 1. The van der Waals surface area contributed by atoms with Crippen LogP contribution in [0.4, 0.5) is 0 Å². The minimum absolute atomic E-state index is 0.260. The highest BCUT2D eigenvalue weighted by Crippen LogP contribution is 2.27. The van der Waals surface area contributed by atoms with Crippen molar-refractivity contribution in [2.24, 2.45) is 0 Å². The fourth-order valence-corrected chi connectivity index (χ4v) is 2.29. The second-order valence-electron chi connectivity index (χ2n) is 5.07. The molecule has 1 unspecified atom stereocenters. The van der Waals surface area contributed by atoms with Crippen LogP contribution in [0.1, 0.15) is 27.7 Å². The first-order valence-corrected chi connectivity index (χ1v) is 6.78. The van der Waals surface area contributed by atoms with Crippen LogP contribution in [-0.2, 0) is 9.53 Å². The van der Waals surface area contributed by atoms with Gasteiger partial charge in [-0.25, -0.2) is 15.0 Å². The lowest BCUT2D eigenvalue weighted by Crippen LogP contribution is -2.28. The van der Waals surface area contributed by atoms with Crippen LogP contribution in [0.5, 0.6) is 0 Å². The van der Waals surface area contributed by atoms with E-state index in [0.29, 0.717) is 10.7 Å². The van der Waals surface area contributed by atoms with E-state index in [9.17, 15) is 4.79 Å². The van der Waals surface area contributed by atoms with Crippen molar-refractivity contribution in [3.8, 4) is 0 Å². The van der Waals surface area contributed by atoms with Gasteiger partial charge in [0.05, 0.1) is 6.33 Å². The number of fused-ring (bicyclic) bond motifs is 1. The molecule has 7 heteroatoms. The molecule has 2 aromatic heterocycles.